The Kier molecular flexibility index (Phi) is 5.77. The molecule has 1 aromatic rings. The molecule has 1 unspecified atom stereocenters. The average Bonchev–Trinajstić information content (AvgIpc) is 2.61. The summed E-state index contributed by atoms with van der Waals surface area (Å²) < 4.78 is 0. The van der Waals surface area contributed by atoms with E-state index >= 15 is 0 Å². The van der Waals surface area contributed by atoms with Crippen LogP contribution in [0.4, 0.5) is 0 Å². The number of nitrogens with zero attached hydrogens (tertiary/aromatic N) is 3. The van der Waals surface area contributed by atoms with E-state index in [-0.39, 0.29) is 17.9 Å². The van der Waals surface area contributed by atoms with Crippen molar-refractivity contribution in [3.05, 3.63) is 41.6 Å². The van der Waals surface area contributed by atoms with Crippen LogP contribution in [-0.2, 0) is 9.59 Å². The van der Waals surface area contributed by atoms with Gasteiger partial charge in [0.2, 0.25) is 11.8 Å². The molecule has 0 aromatic heterocycles. The Hall–Kier alpha value is -2.14. The highest BCUT2D eigenvalue weighted by atomic mass is 16.2. The first-order chi connectivity index (χ1) is 12.5. The largest absolute Gasteiger partial charge is 0.340 e. The zero-order chi connectivity index (χ0) is 18.7. The fourth-order valence-corrected chi connectivity index (χ4v) is 3.90. The lowest BCUT2D eigenvalue weighted by Crippen LogP contribution is -2.50. The van der Waals surface area contributed by atoms with Crippen LogP contribution < -0.4 is 0 Å². The van der Waals surface area contributed by atoms with Crippen LogP contribution in [0.25, 0.3) is 6.08 Å². The van der Waals surface area contributed by atoms with Crippen LogP contribution in [0.5, 0.6) is 0 Å². The Balaban J connectivity index is 1.68. The summed E-state index contributed by atoms with van der Waals surface area (Å²) in [6.45, 7) is 10.5. The summed E-state index contributed by atoms with van der Waals surface area (Å²) in [7, 11) is 0. The maximum absolute atomic E-state index is 12.9. The standard InChI is InChI=1S/C21H29N3O2/c1-16(2)15-22-10-12-23(13-11-22)21(26)14-20-19-7-5-4-6-18(19)8-9-24(20)17(3)25/h4-9,16,20H,10-15H2,1-3H3. The van der Waals surface area contributed by atoms with Crippen molar-refractivity contribution in [1.29, 1.82) is 0 Å². The minimum atomic E-state index is -0.213. The van der Waals surface area contributed by atoms with Crippen LogP contribution in [0.15, 0.2) is 30.5 Å². The molecule has 2 aliphatic heterocycles. The lowest BCUT2D eigenvalue weighted by molar-refractivity contribution is -0.136. The van der Waals surface area contributed by atoms with E-state index in [2.05, 4.69) is 18.7 Å². The van der Waals surface area contributed by atoms with E-state index in [1.807, 2.05) is 41.4 Å². The molecule has 0 bridgehead atoms. The topological polar surface area (TPSA) is 43.9 Å². The van der Waals surface area contributed by atoms with E-state index in [1.165, 1.54) is 0 Å². The highest BCUT2D eigenvalue weighted by Crippen LogP contribution is 2.33. The average molecular weight is 355 g/mol. The smallest absolute Gasteiger partial charge is 0.225 e. The first-order valence-corrected chi connectivity index (χ1v) is 9.52. The second-order valence-corrected chi connectivity index (χ2v) is 7.67. The van der Waals surface area contributed by atoms with E-state index in [0.29, 0.717) is 12.3 Å². The van der Waals surface area contributed by atoms with Gasteiger partial charge in [-0.25, -0.2) is 0 Å². The van der Waals surface area contributed by atoms with E-state index in [4.69, 9.17) is 0 Å². The molecule has 2 aliphatic rings. The summed E-state index contributed by atoms with van der Waals surface area (Å²) in [5, 5.41) is 0. The lowest BCUT2D eigenvalue weighted by Gasteiger charge is -2.38. The number of hydrogen-bond donors (Lipinski definition) is 0. The molecule has 1 saturated heterocycles. The zero-order valence-electron chi connectivity index (χ0n) is 16.0. The molecule has 2 amide bonds. The van der Waals surface area contributed by atoms with Crippen molar-refractivity contribution in [3.63, 3.8) is 0 Å². The molecule has 1 fully saturated rings. The third kappa shape index (κ3) is 4.15. The van der Waals surface area contributed by atoms with Crippen LogP contribution in [0.2, 0.25) is 0 Å². The van der Waals surface area contributed by atoms with Crippen molar-refractivity contribution in [3.8, 4) is 0 Å². The highest BCUT2D eigenvalue weighted by Gasteiger charge is 2.30. The quantitative estimate of drug-likeness (QED) is 0.834. The number of piperazine rings is 1. The predicted octanol–water partition coefficient (Wildman–Crippen LogP) is 2.75. The maximum Gasteiger partial charge on any atom is 0.225 e. The van der Waals surface area contributed by atoms with Gasteiger partial charge in [0.15, 0.2) is 0 Å². The summed E-state index contributed by atoms with van der Waals surface area (Å²) in [6.07, 6.45) is 4.09. The Morgan fingerprint density at radius 2 is 1.81 bits per heavy atom. The van der Waals surface area contributed by atoms with Crippen molar-refractivity contribution < 1.29 is 9.59 Å². The van der Waals surface area contributed by atoms with Crippen molar-refractivity contribution in [1.82, 2.24) is 14.7 Å². The molecule has 0 radical (unpaired) electrons. The molecule has 140 valence electrons. The summed E-state index contributed by atoms with van der Waals surface area (Å²) in [6, 6.07) is 7.80. The summed E-state index contributed by atoms with van der Waals surface area (Å²) in [4.78, 5) is 31.1. The lowest BCUT2D eigenvalue weighted by atomic mass is 9.93. The summed E-state index contributed by atoms with van der Waals surface area (Å²) in [5.41, 5.74) is 2.14. The second kappa shape index (κ2) is 8.04. The van der Waals surface area contributed by atoms with Gasteiger partial charge in [-0.1, -0.05) is 38.1 Å². The molecule has 5 nitrogen and oxygen atoms in total. The predicted molar refractivity (Wildman–Crippen MR) is 103 cm³/mol. The van der Waals surface area contributed by atoms with Gasteiger partial charge in [-0.2, -0.15) is 0 Å². The molecule has 3 rings (SSSR count). The number of benzene rings is 1. The first kappa shape index (κ1) is 18.6. The molecule has 1 aromatic carbocycles. The third-order valence-corrected chi connectivity index (χ3v) is 5.19. The van der Waals surface area contributed by atoms with Gasteiger partial charge in [0, 0.05) is 45.8 Å². The number of carbonyl (C=O) groups excluding carboxylic acids is 2. The summed E-state index contributed by atoms with van der Waals surface area (Å²) in [5.74, 6) is 0.748. The second-order valence-electron chi connectivity index (χ2n) is 7.67. The van der Waals surface area contributed by atoms with Crippen molar-refractivity contribution in [2.24, 2.45) is 5.92 Å². The minimum absolute atomic E-state index is 0.0321. The van der Waals surface area contributed by atoms with Crippen LogP contribution in [0.3, 0.4) is 0 Å². The van der Waals surface area contributed by atoms with E-state index < -0.39 is 0 Å². The van der Waals surface area contributed by atoms with Gasteiger partial charge in [0.1, 0.15) is 0 Å². The van der Waals surface area contributed by atoms with E-state index in [1.54, 1.807) is 11.8 Å². The third-order valence-electron chi connectivity index (χ3n) is 5.19. The highest BCUT2D eigenvalue weighted by molar-refractivity contribution is 5.82. The zero-order valence-corrected chi connectivity index (χ0v) is 16.0. The molecule has 1 atom stereocenters. The van der Waals surface area contributed by atoms with Gasteiger partial charge >= 0.3 is 0 Å². The number of fused-ring (bicyclic) bond motifs is 1. The van der Waals surface area contributed by atoms with Crippen LogP contribution >= 0.6 is 0 Å². The van der Waals surface area contributed by atoms with Crippen molar-refractivity contribution in [2.45, 2.75) is 33.2 Å². The van der Waals surface area contributed by atoms with Gasteiger partial charge < -0.3 is 9.80 Å². The van der Waals surface area contributed by atoms with Crippen molar-refractivity contribution >= 4 is 17.9 Å². The van der Waals surface area contributed by atoms with Gasteiger partial charge in [-0.3, -0.25) is 14.5 Å². The molecule has 0 saturated carbocycles. The fourth-order valence-electron chi connectivity index (χ4n) is 3.90. The number of hydrogen-bond acceptors (Lipinski definition) is 3. The molecule has 26 heavy (non-hydrogen) atoms. The number of carbonyl (C=O) groups is 2. The van der Waals surface area contributed by atoms with E-state index in [0.717, 1.165) is 43.9 Å². The number of amides is 2. The van der Waals surface area contributed by atoms with Crippen molar-refractivity contribution in [2.75, 3.05) is 32.7 Å². The van der Waals surface area contributed by atoms with E-state index in [9.17, 15) is 9.59 Å². The minimum Gasteiger partial charge on any atom is -0.340 e. The van der Waals surface area contributed by atoms with Gasteiger partial charge in [0.05, 0.1) is 12.5 Å². The normalized spacial score (nSPS) is 20.4. The SMILES string of the molecule is CC(=O)N1C=Cc2ccccc2C1CC(=O)N1CCN(CC(C)C)CC1. The molecule has 2 heterocycles. The molecular formula is C21H29N3O2. The number of rotatable bonds is 4. The van der Waals surface area contributed by atoms with Crippen LogP contribution in [0.1, 0.15) is 44.4 Å². The van der Waals surface area contributed by atoms with Crippen LogP contribution in [0, 0.1) is 5.92 Å². The molecular weight excluding hydrogens is 326 g/mol. The Bertz CT molecular complexity index is 690. The Morgan fingerprint density at radius 1 is 1.12 bits per heavy atom. The molecule has 0 aliphatic carbocycles. The molecule has 0 N–H and O–H groups in total. The Morgan fingerprint density at radius 3 is 2.46 bits per heavy atom. The molecule has 0 spiro atoms. The monoisotopic (exact) mass is 355 g/mol. The Labute approximate surface area is 156 Å². The van der Waals surface area contributed by atoms with Crippen LogP contribution in [-0.4, -0.2) is 59.2 Å². The van der Waals surface area contributed by atoms with Gasteiger partial charge in [0.25, 0.3) is 0 Å². The molecule has 5 heteroatoms. The maximum atomic E-state index is 12.9. The summed E-state index contributed by atoms with van der Waals surface area (Å²) >= 11 is 0. The fraction of sp³-hybridized carbons (Fsp3) is 0.524. The van der Waals surface area contributed by atoms with Gasteiger partial charge in [-0.05, 0) is 23.1 Å². The van der Waals surface area contributed by atoms with Gasteiger partial charge in [-0.15, -0.1) is 0 Å². The first-order valence-electron chi connectivity index (χ1n) is 9.52.